The minimum atomic E-state index is -1.21. The van der Waals surface area contributed by atoms with Gasteiger partial charge in [-0.2, -0.15) is 0 Å². The molecule has 15 atom stereocenters. The van der Waals surface area contributed by atoms with Gasteiger partial charge in [0.15, 0.2) is 30.6 Å². The number of methoxy groups -OCH3 is 2. The highest BCUT2D eigenvalue weighted by molar-refractivity contribution is 5.89. The second kappa shape index (κ2) is 20.7. The summed E-state index contributed by atoms with van der Waals surface area (Å²) in [5.41, 5.74) is -1.89. The van der Waals surface area contributed by atoms with Gasteiger partial charge in [0, 0.05) is 32.5 Å². The fourth-order valence-electron chi connectivity index (χ4n) is 7.98. The molecule has 2 fully saturated rings. The van der Waals surface area contributed by atoms with Crippen LogP contribution in [-0.4, -0.2) is 135 Å². The Labute approximate surface area is 333 Å². The van der Waals surface area contributed by atoms with Crippen LogP contribution in [0, 0.1) is 17.8 Å². The predicted octanol–water partition coefficient (Wildman–Crippen LogP) is 4.76. The van der Waals surface area contributed by atoms with Crippen molar-refractivity contribution in [2.45, 2.75) is 161 Å². The van der Waals surface area contributed by atoms with E-state index in [-0.39, 0.29) is 37.2 Å². The van der Waals surface area contributed by atoms with Crippen LogP contribution in [0.1, 0.15) is 98.4 Å². The highest BCUT2D eigenvalue weighted by atomic mass is 16.7. The topological polar surface area (TPSA) is 166 Å². The summed E-state index contributed by atoms with van der Waals surface area (Å²) in [5, 5.41) is 11.0. The molecule has 2 aliphatic heterocycles. The van der Waals surface area contributed by atoms with Gasteiger partial charge < -0.3 is 52.7 Å². The maximum Gasteiger partial charge on any atom is 0.338 e. The van der Waals surface area contributed by atoms with Crippen LogP contribution in [0.4, 0.5) is 0 Å². The van der Waals surface area contributed by atoms with E-state index in [0.717, 1.165) is 6.29 Å². The molecule has 56 heavy (non-hydrogen) atoms. The van der Waals surface area contributed by atoms with Crippen molar-refractivity contribution in [1.82, 2.24) is 4.90 Å². The molecular weight excluding hydrogens is 726 g/mol. The number of likely N-dealkylation sites (N-methyl/N-ethyl adjacent to an activating group) is 1. The summed E-state index contributed by atoms with van der Waals surface area (Å²) in [6.45, 7) is 15.6. The van der Waals surface area contributed by atoms with Crippen molar-refractivity contribution in [3.63, 3.8) is 0 Å². The Hall–Kier alpha value is -2.82. The Morgan fingerprint density at radius 2 is 1.71 bits per heavy atom. The quantitative estimate of drug-likeness (QED) is 0.142. The smallest absolute Gasteiger partial charge is 0.338 e. The predicted molar refractivity (Wildman–Crippen MR) is 207 cm³/mol. The average Bonchev–Trinajstić information content (AvgIpc) is 3.16. The summed E-state index contributed by atoms with van der Waals surface area (Å²) in [7, 11) is 6.81. The van der Waals surface area contributed by atoms with Crippen molar-refractivity contribution < 1.29 is 62.2 Å². The van der Waals surface area contributed by atoms with Crippen LogP contribution >= 0.6 is 0 Å². The van der Waals surface area contributed by atoms with Gasteiger partial charge in [0.25, 0.3) is 0 Å². The summed E-state index contributed by atoms with van der Waals surface area (Å²) in [5.74, 6) is -3.74. The highest BCUT2D eigenvalue weighted by Gasteiger charge is 2.52. The number of ketones is 1. The molecule has 0 bridgehead atoms. The lowest BCUT2D eigenvalue weighted by molar-refractivity contribution is -0.318. The maximum atomic E-state index is 14.0. The number of carbonyl (C=O) groups excluding carboxylic acids is 4. The molecule has 0 spiro atoms. The first kappa shape index (κ1) is 47.6. The fraction of sp³-hybridized carbons (Fsp3) is 0.762. The van der Waals surface area contributed by atoms with Crippen LogP contribution in [0.5, 0.6) is 0 Å². The zero-order chi connectivity index (χ0) is 42.1. The minimum Gasteiger partial charge on any atom is -0.454 e. The largest absolute Gasteiger partial charge is 0.454 e. The zero-order valence-electron chi connectivity index (χ0n) is 35.6. The second-order valence-corrected chi connectivity index (χ2v) is 16.3. The minimum absolute atomic E-state index is 0.117. The van der Waals surface area contributed by atoms with E-state index in [1.165, 1.54) is 21.1 Å². The Morgan fingerprint density at radius 3 is 2.25 bits per heavy atom. The third-order valence-electron chi connectivity index (χ3n) is 11.5. The average molecular weight is 794 g/mol. The Morgan fingerprint density at radius 1 is 1.07 bits per heavy atom. The van der Waals surface area contributed by atoms with Gasteiger partial charge >= 0.3 is 11.9 Å². The number of nitrogens with zero attached hydrogens (tertiary/aromatic N) is 1. The maximum absolute atomic E-state index is 14.0. The van der Waals surface area contributed by atoms with Crippen molar-refractivity contribution in [3.8, 4) is 0 Å². The molecule has 1 aromatic rings. The summed E-state index contributed by atoms with van der Waals surface area (Å²) >= 11 is 0. The molecule has 14 nitrogen and oxygen atoms in total. The summed E-state index contributed by atoms with van der Waals surface area (Å²) in [6, 6.07) is 8.33. The van der Waals surface area contributed by atoms with E-state index >= 15 is 0 Å². The molecule has 0 aromatic heterocycles. The molecule has 0 amide bonds. The number of hydrogen-bond donors (Lipinski definition) is 1. The lowest BCUT2D eigenvalue weighted by Crippen LogP contribution is -2.61. The van der Waals surface area contributed by atoms with Crippen LogP contribution in [0.25, 0.3) is 0 Å². The van der Waals surface area contributed by atoms with Crippen LogP contribution in [-0.2, 0) is 52.3 Å². The number of esters is 2. The molecule has 3 rings (SSSR count). The first-order chi connectivity index (χ1) is 26.2. The van der Waals surface area contributed by atoms with Gasteiger partial charge in [-0.15, -0.1) is 0 Å². The molecule has 318 valence electrons. The van der Waals surface area contributed by atoms with Crippen molar-refractivity contribution in [1.29, 1.82) is 0 Å². The van der Waals surface area contributed by atoms with Gasteiger partial charge in [0.2, 0.25) is 0 Å². The molecule has 0 saturated carbocycles. The summed E-state index contributed by atoms with van der Waals surface area (Å²) in [6.07, 6.45) is -5.96. The highest BCUT2D eigenvalue weighted by Crippen LogP contribution is 2.40. The number of aliphatic hydroxyl groups is 1. The van der Waals surface area contributed by atoms with Crippen molar-refractivity contribution >= 4 is 24.0 Å². The molecular formula is C42H67NO13. The molecule has 2 aliphatic rings. The number of hydrogen-bond acceptors (Lipinski definition) is 14. The Kier molecular flexibility index (Phi) is 17.6. The number of Topliss-reactive ketones (excluding diaryl/α,β-unsaturated/α-hetero) is 1. The second-order valence-electron chi connectivity index (χ2n) is 16.3. The standard InChI is InChI=1S/C42H67NO13/c1-14-32(28(6)45)53-38(47)27(5)34(54-33-22-41(8,49-12)36(46)29(7)52-33)26(4)37(42(9,50-13)21-24(2)23-44)56-40-35(31(43(10)11)20-25(3)51-40)55-39(48)30-18-16-15-17-19-30/h15-19,23-27,29,31-37,40,46H,14,20-22H2,1-13H3/t24-,25-,26+,27-,29+,31+,32-,33?,34+,35-,36+,37-,40?,41-,42-/m1/s1. The third-order valence-corrected chi connectivity index (χ3v) is 11.5. The number of benzene rings is 1. The van der Waals surface area contributed by atoms with Gasteiger partial charge in [0.05, 0.1) is 53.1 Å². The Bertz CT molecular complexity index is 1430. The molecule has 14 heteroatoms. The number of ether oxygens (including phenoxy) is 8. The van der Waals surface area contributed by atoms with Gasteiger partial charge in [-0.1, -0.05) is 39.0 Å². The SMILES string of the molecule is CC[C@@H](OC(=O)[C@H](C)[C@@H](OC1C[C@@](C)(OC)[C@@H](O)[C@H](C)O1)[C@H](C)[C@@H](OC1O[C@H](C)C[C@H](N(C)C)[C@H]1OC(=O)c1ccccc1)[C@@](C)(C[C@@H](C)C=O)OC)C(C)=O. The lowest BCUT2D eigenvalue weighted by Gasteiger charge is -2.49. The molecule has 1 aromatic carbocycles. The number of aliphatic hydroxyl groups excluding tert-OH is 1. The fourth-order valence-corrected chi connectivity index (χ4v) is 7.98. The summed E-state index contributed by atoms with van der Waals surface area (Å²) < 4.78 is 50.4. The lowest BCUT2D eigenvalue weighted by atomic mass is 9.77. The van der Waals surface area contributed by atoms with E-state index in [2.05, 4.69) is 0 Å². The van der Waals surface area contributed by atoms with Gasteiger partial charge in [-0.05, 0) is 87.0 Å². The van der Waals surface area contributed by atoms with Crippen molar-refractivity contribution in [2.24, 2.45) is 17.8 Å². The number of rotatable bonds is 20. The molecule has 2 unspecified atom stereocenters. The van der Waals surface area contributed by atoms with Crippen LogP contribution in [0.2, 0.25) is 0 Å². The normalized spacial score (nSPS) is 31.2. The van der Waals surface area contributed by atoms with E-state index in [1.807, 2.05) is 45.8 Å². The van der Waals surface area contributed by atoms with Gasteiger partial charge in [-0.25, -0.2) is 4.79 Å². The third kappa shape index (κ3) is 11.6. The van der Waals surface area contributed by atoms with Crippen LogP contribution < -0.4 is 0 Å². The van der Waals surface area contributed by atoms with E-state index < -0.39 is 90.1 Å². The number of carbonyl (C=O) groups is 4. The zero-order valence-corrected chi connectivity index (χ0v) is 35.6. The van der Waals surface area contributed by atoms with Crippen molar-refractivity contribution in [2.75, 3.05) is 28.3 Å². The van der Waals surface area contributed by atoms with Gasteiger partial charge in [0.1, 0.15) is 12.4 Å². The first-order valence-electron chi connectivity index (χ1n) is 19.7. The van der Waals surface area contributed by atoms with E-state index in [4.69, 9.17) is 37.9 Å². The van der Waals surface area contributed by atoms with Gasteiger partial charge in [-0.3, -0.25) is 9.59 Å². The van der Waals surface area contributed by atoms with E-state index in [9.17, 15) is 24.3 Å². The van der Waals surface area contributed by atoms with Crippen LogP contribution in [0.3, 0.4) is 0 Å². The first-order valence-corrected chi connectivity index (χ1v) is 19.7. The molecule has 2 heterocycles. The molecule has 0 aliphatic carbocycles. The van der Waals surface area contributed by atoms with E-state index in [0.29, 0.717) is 12.0 Å². The molecule has 0 radical (unpaired) electrons. The van der Waals surface area contributed by atoms with Crippen LogP contribution in [0.15, 0.2) is 30.3 Å². The molecule has 2 saturated heterocycles. The number of aldehydes is 1. The summed E-state index contributed by atoms with van der Waals surface area (Å²) in [4.78, 5) is 54.0. The monoisotopic (exact) mass is 793 g/mol. The van der Waals surface area contributed by atoms with Crippen molar-refractivity contribution in [3.05, 3.63) is 35.9 Å². The molecule has 1 N–H and O–H groups in total. The Balaban J connectivity index is 2.18. The van der Waals surface area contributed by atoms with E-state index in [1.54, 1.807) is 58.9 Å².